The van der Waals surface area contributed by atoms with Crippen molar-refractivity contribution in [2.24, 2.45) is 5.14 Å². The highest BCUT2D eigenvalue weighted by atomic mass is 32.2. The molecule has 0 spiro atoms. The Labute approximate surface area is 140 Å². The fourth-order valence-corrected chi connectivity index (χ4v) is 2.61. The average molecular weight is 349 g/mol. The Morgan fingerprint density at radius 3 is 2.29 bits per heavy atom. The van der Waals surface area contributed by atoms with Crippen LogP contribution in [0.5, 0.6) is 0 Å². The average Bonchev–Trinajstić information content (AvgIpc) is 2.56. The molecule has 7 nitrogen and oxygen atoms in total. The Bertz CT molecular complexity index is 777. The van der Waals surface area contributed by atoms with Gasteiger partial charge in [0.05, 0.1) is 11.0 Å². The number of amides is 2. The fourth-order valence-electron chi connectivity index (χ4n) is 2.09. The minimum absolute atomic E-state index is 0.0167. The van der Waals surface area contributed by atoms with E-state index in [1.165, 1.54) is 24.3 Å². The number of benzene rings is 2. The van der Waals surface area contributed by atoms with Gasteiger partial charge in [-0.1, -0.05) is 30.3 Å². The van der Waals surface area contributed by atoms with Crippen molar-refractivity contribution < 1.29 is 17.9 Å². The third-order valence-corrected chi connectivity index (χ3v) is 4.27. The summed E-state index contributed by atoms with van der Waals surface area (Å²) in [6, 6.07) is 14.7. The maximum atomic E-state index is 11.9. The summed E-state index contributed by atoms with van der Waals surface area (Å²) in [5, 5.41) is 10.3. The molecule has 0 bridgehead atoms. The van der Waals surface area contributed by atoms with Gasteiger partial charge in [-0.25, -0.2) is 18.4 Å². The Kier molecular flexibility index (Phi) is 5.91. The molecule has 1 unspecified atom stereocenters. The molecule has 0 aliphatic rings. The lowest BCUT2D eigenvalue weighted by molar-refractivity contribution is 0.104. The van der Waals surface area contributed by atoms with Crippen molar-refractivity contribution in [2.45, 2.75) is 11.0 Å². The number of carbonyl (C=O) groups is 1. The number of nitrogens with two attached hydrogens (primary N) is 1. The summed E-state index contributed by atoms with van der Waals surface area (Å²) in [5.41, 5.74) is 1.41. The van der Waals surface area contributed by atoms with E-state index in [9.17, 15) is 13.2 Å². The number of primary sulfonamides is 1. The van der Waals surface area contributed by atoms with Crippen molar-refractivity contribution in [1.29, 1.82) is 0 Å². The molecule has 8 heteroatoms. The molecule has 2 rings (SSSR count). The van der Waals surface area contributed by atoms with Gasteiger partial charge in [-0.15, -0.1) is 0 Å². The maximum Gasteiger partial charge on any atom is 0.319 e. The van der Waals surface area contributed by atoms with Gasteiger partial charge in [0.2, 0.25) is 10.0 Å². The topological polar surface area (TPSA) is 111 Å². The normalized spacial score (nSPS) is 12.4. The summed E-state index contributed by atoms with van der Waals surface area (Å²) >= 11 is 0. The van der Waals surface area contributed by atoms with E-state index in [1.54, 1.807) is 7.11 Å². The van der Waals surface area contributed by atoms with Crippen LogP contribution in [0.3, 0.4) is 0 Å². The standard InChI is InChI=1S/C16H19N3O4S/c1-23-15(12-5-3-2-4-6-12)11-18-16(20)19-13-7-9-14(10-8-13)24(17,21)22/h2-10,15H,11H2,1H3,(H2,17,21,22)(H2,18,19,20). The number of ether oxygens (including phenoxy) is 1. The van der Waals surface area contributed by atoms with Crippen molar-refractivity contribution >= 4 is 21.7 Å². The first kappa shape index (κ1) is 17.9. The Balaban J connectivity index is 1.91. The number of rotatable bonds is 6. The minimum atomic E-state index is -3.75. The molecule has 0 fully saturated rings. The highest BCUT2D eigenvalue weighted by molar-refractivity contribution is 7.89. The number of hydrogen-bond acceptors (Lipinski definition) is 4. The van der Waals surface area contributed by atoms with Crippen LogP contribution in [0.4, 0.5) is 10.5 Å². The van der Waals surface area contributed by atoms with E-state index in [4.69, 9.17) is 9.88 Å². The summed E-state index contributed by atoms with van der Waals surface area (Å²) in [5.74, 6) is 0. The molecule has 1 atom stereocenters. The molecule has 4 N–H and O–H groups in total. The fraction of sp³-hybridized carbons (Fsp3) is 0.188. The van der Waals surface area contributed by atoms with E-state index < -0.39 is 16.1 Å². The molecule has 2 amide bonds. The molecule has 0 heterocycles. The first-order valence-electron chi connectivity index (χ1n) is 7.15. The van der Waals surface area contributed by atoms with E-state index in [0.717, 1.165) is 5.56 Å². The molecule has 0 aliphatic heterocycles. The molecule has 0 radical (unpaired) electrons. The molecule has 0 aromatic heterocycles. The lowest BCUT2D eigenvalue weighted by Crippen LogP contribution is -2.32. The van der Waals surface area contributed by atoms with Crippen LogP contribution in [0.15, 0.2) is 59.5 Å². The number of nitrogens with one attached hydrogen (secondary N) is 2. The van der Waals surface area contributed by atoms with Gasteiger partial charge in [0.15, 0.2) is 0 Å². The van der Waals surface area contributed by atoms with Crippen molar-refractivity contribution in [3.8, 4) is 0 Å². The number of sulfonamides is 1. The van der Waals surface area contributed by atoms with Gasteiger partial charge >= 0.3 is 6.03 Å². The predicted octanol–water partition coefficient (Wildman–Crippen LogP) is 1.84. The molecule has 0 saturated heterocycles. The second-order valence-electron chi connectivity index (χ2n) is 5.04. The van der Waals surface area contributed by atoms with Crippen LogP contribution in [0.2, 0.25) is 0 Å². The van der Waals surface area contributed by atoms with Crippen molar-refractivity contribution in [2.75, 3.05) is 19.0 Å². The van der Waals surface area contributed by atoms with E-state index in [1.807, 2.05) is 30.3 Å². The van der Waals surface area contributed by atoms with Crippen molar-refractivity contribution in [1.82, 2.24) is 5.32 Å². The smallest absolute Gasteiger partial charge is 0.319 e. The van der Waals surface area contributed by atoms with Gasteiger partial charge in [0.1, 0.15) is 0 Å². The first-order chi connectivity index (χ1) is 11.4. The third kappa shape index (κ3) is 5.05. The zero-order valence-corrected chi connectivity index (χ0v) is 13.9. The van der Waals surface area contributed by atoms with Gasteiger partial charge < -0.3 is 15.4 Å². The van der Waals surface area contributed by atoms with Gasteiger partial charge in [0.25, 0.3) is 0 Å². The summed E-state index contributed by atoms with van der Waals surface area (Å²) in [6.07, 6.45) is -0.262. The van der Waals surface area contributed by atoms with Crippen LogP contribution in [0.25, 0.3) is 0 Å². The quantitative estimate of drug-likeness (QED) is 0.739. The minimum Gasteiger partial charge on any atom is -0.375 e. The van der Waals surface area contributed by atoms with Crippen LogP contribution in [0.1, 0.15) is 11.7 Å². The summed E-state index contributed by atoms with van der Waals surface area (Å²) in [4.78, 5) is 11.9. The zero-order chi connectivity index (χ0) is 17.6. The molecular weight excluding hydrogens is 330 g/mol. The monoisotopic (exact) mass is 349 g/mol. The number of urea groups is 1. The summed E-state index contributed by atoms with van der Waals surface area (Å²) in [7, 11) is -2.18. The summed E-state index contributed by atoms with van der Waals surface area (Å²) in [6.45, 7) is 0.293. The van der Waals surface area contributed by atoms with Crippen LogP contribution in [-0.2, 0) is 14.8 Å². The van der Waals surface area contributed by atoms with E-state index in [-0.39, 0.29) is 11.0 Å². The molecule has 2 aromatic carbocycles. The lowest BCUT2D eigenvalue weighted by Gasteiger charge is -2.16. The van der Waals surface area contributed by atoms with Crippen LogP contribution < -0.4 is 15.8 Å². The van der Waals surface area contributed by atoms with Gasteiger partial charge in [-0.05, 0) is 29.8 Å². The van der Waals surface area contributed by atoms with E-state index >= 15 is 0 Å². The number of hydrogen-bond donors (Lipinski definition) is 3. The largest absolute Gasteiger partial charge is 0.375 e. The van der Waals surface area contributed by atoms with Crippen molar-refractivity contribution in [3.63, 3.8) is 0 Å². The molecule has 24 heavy (non-hydrogen) atoms. The molecule has 2 aromatic rings. The predicted molar refractivity (Wildman–Crippen MR) is 91.0 cm³/mol. The Morgan fingerprint density at radius 1 is 1.12 bits per heavy atom. The number of anilines is 1. The highest BCUT2D eigenvalue weighted by Crippen LogP contribution is 2.15. The highest BCUT2D eigenvalue weighted by Gasteiger charge is 2.12. The van der Waals surface area contributed by atoms with Crippen LogP contribution in [-0.4, -0.2) is 28.1 Å². The molecular formula is C16H19N3O4S. The van der Waals surface area contributed by atoms with Gasteiger partial charge in [0, 0.05) is 19.3 Å². The molecule has 128 valence electrons. The zero-order valence-electron chi connectivity index (χ0n) is 13.1. The Morgan fingerprint density at radius 2 is 1.75 bits per heavy atom. The SMILES string of the molecule is COC(CNC(=O)Nc1ccc(S(N)(=O)=O)cc1)c1ccccc1. The molecule has 0 aliphatic carbocycles. The van der Waals surface area contributed by atoms with E-state index in [2.05, 4.69) is 10.6 Å². The Hall–Kier alpha value is -2.42. The second-order valence-corrected chi connectivity index (χ2v) is 6.60. The van der Waals surface area contributed by atoms with Crippen molar-refractivity contribution in [3.05, 3.63) is 60.2 Å². The van der Waals surface area contributed by atoms with Gasteiger partial charge in [-0.2, -0.15) is 0 Å². The maximum absolute atomic E-state index is 11.9. The summed E-state index contributed by atoms with van der Waals surface area (Å²) < 4.78 is 27.7. The number of methoxy groups -OCH3 is 1. The lowest BCUT2D eigenvalue weighted by atomic mass is 10.1. The number of carbonyl (C=O) groups excluding carboxylic acids is 1. The molecule has 0 saturated carbocycles. The third-order valence-electron chi connectivity index (χ3n) is 3.34. The first-order valence-corrected chi connectivity index (χ1v) is 8.70. The van der Waals surface area contributed by atoms with Crippen LogP contribution >= 0.6 is 0 Å². The van der Waals surface area contributed by atoms with Gasteiger partial charge in [-0.3, -0.25) is 0 Å². The van der Waals surface area contributed by atoms with Crippen LogP contribution in [0, 0.1) is 0 Å². The second kappa shape index (κ2) is 7.91. The van der Waals surface area contributed by atoms with E-state index in [0.29, 0.717) is 12.2 Å².